The summed E-state index contributed by atoms with van der Waals surface area (Å²) in [6.07, 6.45) is -0.618. The summed E-state index contributed by atoms with van der Waals surface area (Å²) in [6, 6.07) is 12.2. The first-order valence-electron chi connectivity index (χ1n) is 12.0. The second kappa shape index (κ2) is 14.5. The van der Waals surface area contributed by atoms with E-state index in [4.69, 9.17) is 28.3 Å². The summed E-state index contributed by atoms with van der Waals surface area (Å²) in [4.78, 5) is 47.7. The van der Waals surface area contributed by atoms with Crippen molar-refractivity contribution in [2.24, 2.45) is 0 Å². The summed E-state index contributed by atoms with van der Waals surface area (Å²) in [5.74, 6) is -4.24. The van der Waals surface area contributed by atoms with E-state index >= 15 is 0 Å². The number of hydrogen-bond donors (Lipinski definition) is 5. The molecule has 0 spiro atoms. The molecule has 0 aliphatic rings. The number of aromatic carboxylic acids is 1. The zero-order valence-electron chi connectivity index (χ0n) is 21.5. The molecule has 3 aromatic carbocycles. The van der Waals surface area contributed by atoms with E-state index in [1.807, 2.05) is 0 Å². The van der Waals surface area contributed by atoms with Crippen LogP contribution in [0.1, 0.15) is 38.3 Å². The second-order valence-corrected chi connectivity index (χ2v) is 12.4. The first-order chi connectivity index (χ1) is 19.8. The van der Waals surface area contributed by atoms with Crippen LogP contribution in [0, 0.1) is 0 Å². The largest absolute Gasteiger partial charge is 0.507 e. The Kier molecular flexibility index (Phi) is 11.4. The van der Waals surface area contributed by atoms with Crippen LogP contribution >= 0.6 is 35.0 Å². The van der Waals surface area contributed by atoms with Crippen LogP contribution in [0.15, 0.2) is 65.6 Å². The molecule has 3 rings (SSSR count). The number of sulfonamides is 1. The van der Waals surface area contributed by atoms with Crippen LogP contribution in [0.25, 0.3) is 0 Å². The van der Waals surface area contributed by atoms with Gasteiger partial charge in [0.1, 0.15) is 11.3 Å². The Hall–Kier alpha value is -3.62. The maximum atomic E-state index is 12.8. The summed E-state index contributed by atoms with van der Waals surface area (Å²) in [5, 5.41) is 31.3. The van der Waals surface area contributed by atoms with Crippen LogP contribution < -0.4 is 10.0 Å². The molecule has 11 nitrogen and oxygen atoms in total. The van der Waals surface area contributed by atoms with E-state index < -0.39 is 57.4 Å². The van der Waals surface area contributed by atoms with Gasteiger partial charge in [0.15, 0.2) is 5.78 Å². The number of carbonyl (C=O) groups is 4. The number of carboxylic acids is 2. The van der Waals surface area contributed by atoms with Gasteiger partial charge in [-0.15, -0.1) is 11.8 Å². The third-order valence-electron chi connectivity index (χ3n) is 5.78. The third-order valence-corrected chi connectivity index (χ3v) is 8.77. The minimum atomic E-state index is -4.14. The number of carboxylic acid groups (broad SMARTS) is 2. The lowest BCUT2D eigenvalue weighted by atomic mass is 10.1. The maximum Gasteiger partial charge on any atom is 0.339 e. The summed E-state index contributed by atoms with van der Waals surface area (Å²) < 4.78 is 27.5. The predicted octanol–water partition coefficient (Wildman–Crippen LogP) is 3.95. The molecule has 222 valence electrons. The number of halogens is 2. The lowest BCUT2D eigenvalue weighted by Crippen LogP contribution is -2.43. The van der Waals surface area contributed by atoms with E-state index in [9.17, 15) is 37.8 Å². The summed E-state index contributed by atoms with van der Waals surface area (Å²) in [6.45, 7) is -0.206. The molecule has 0 radical (unpaired) electrons. The summed E-state index contributed by atoms with van der Waals surface area (Å²) in [7, 11) is -4.14. The fraction of sp³-hybridized carbons (Fsp3) is 0.185. The maximum absolute atomic E-state index is 12.8. The molecule has 0 aliphatic heterocycles. The van der Waals surface area contributed by atoms with Crippen molar-refractivity contribution in [2.45, 2.75) is 29.7 Å². The minimum absolute atomic E-state index is 0.0781. The molecule has 0 saturated heterocycles. The molecule has 0 aromatic heterocycles. The molecule has 0 aliphatic carbocycles. The van der Waals surface area contributed by atoms with Gasteiger partial charge in [-0.05, 0) is 53.6 Å². The van der Waals surface area contributed by atoms with E-state index in [0.717, 1.165) is 23.8 Å². The first-order valence-corrected chi connectivity index (χ1v) is 15.4. The van der Waals surface area contributed by atoms with Crippen LogP contribution in [0.4, 0.5) is 0 Å². The number of hydrogen-bond acceptors (Lipinski definition) is 8. The lowest BCUT2D eigenvalue weighted by Gasteiger charge is -2.16. The molecule has 0 unspecified atom stereocenters. The fourth-order valence-electron chi connectivity index (χ4n) is 3.55. The Morgan fingerprint density at radius 3 is 2.24 bits per heavy atom. The van der Waals surface area contributed by atoms with Gasteiger partial charge < -0.3 is 20.6 Å². The van der Waals surface area contributed by atoms with E-state index in [-0.39, 0.29) is 22.8 Å². The van der Waals surface area contributed by atoms with Crippen molar-refractivity contribution in [3.63, 3.8) is 0 Å². The molecule has 0 heterocycles. The molecule has 1 atom stereocenters. The average molecular weight is 656 g/mol. The molecule has 1 amide bonds. The molecular weight excluding hydrogens is 631 g/mol. The van der Waals surface area contributed by atoms with Gasteiger partial charge in [0.25, 0.3) is 5.91 Å². The van der Waals surface area contributed by atoms with Gasteiger partial charge in [0, 0.05) is 27.9 Å². The SMILES string of the molecule is O=C(O)C[C@H](NC(=O)c1ccc(CNS(=O)(=O)c2ccc(O)c(C(=O)O)c2)cc1)C(=O)CSCc1ccc(Cl)cc1Cl. The Labute approximate surface area is 254 Å². The lowest BCUT2D eigenvalue weighted by molar-refractivity contribution is -0.139. The van der Waals surface area contributed by atoms with Gasteiger partial charge in [-0.25, -0.2) is 17.9 Å². The number of thioether (sulfide) groups is 1. The zero-order chi connectivity index (χ0) is 31.0. The second-order valence-electron chi connectivity index (χ2n) is 8.82. The number of aromatic hydroxyl groups is 1. The molecule has 0 bridgehead atoms. The monoisotopic (exact) mass is 654 g/mol. The number of amides is 1. The van der Waals surface area contributed by atoms with Gasteiger partial charge in [0.2, 0.25) is 10.0 Å². The van der Waals surface area contributed by atoms with Crippen LogP contribution in [-0.2, 0) is 31.9 Å². The molecule has 0 fully saturated rings. The van der Waals surface area contributed by atoms with Crippen LogP contribution in [0.5, 0.6) is 5.75 Å². The van der Waals surface area contributed by atoms with Gasteiger partial charge >= 0.3 is 11.9 Å². The highest BCUT2D eigenvalue weighted by Crippen LogP contribution is 2.25. The molecule has 3 aromatic rings. The Bertz CT molecular complexity index is 1610. The van der Waals surface area contributed by atoms with Gasteiger partial charge in [-0.2, -0.15) is 0 Å². The number of rotatable bonds is 14. The molecule has 42 heavy (non-hydrogen) atoms. The van der Waals surface area contributed by atoms with Crippen LogP contribution in [-0.4, -0.2) is 59.2 Å². The Balaban J connectivity index is 1.60. The topological polar surface area (TPSA) is 187 Å². The van der Waals surface area contributed by atoms with Gasteiger partial charge in [-0.1, -0.05) is 41.4 Å². The Morgan fingerprint density at radius 2 is 1.62 bits per heavy atom. The van der Waals surface area contributed by atoms with E-state index in [0.29, 0.717) is 21.4 Å². The highest BCUT2D eigenvalue weighted by molar-refractivity contribution is 7.99. The third kappa shape index (κ3) is 9.19. The van der Waals surface area contributed by atoms with E-state index in [1.165, 1.54) is 36.0 Å². The number of nitrogens with one attached hydrogen (secondary N) is 2. The van der Waals surface area contributed by atoms with Crippen molar-refractivity contribution >= 4 is 68.6 Å². The molecule has 15 heteroatoms. The van der Waals surface area contributed by atoms with E-state index in [1.54, 1.807) is 18.2 Å². The summed E-state index contributed by atoms with van der Waals surface area (Å²) >= 11 is 13.2. The van der Waals surface area contributed by atoms with Crippen LogP contribution in [0.3, 0.4) is 0 Å². The molecular formula is C27H24Cl2N2O9S2. The van der Waals surface area contributed by atoms with Crippen molar-refractivity contribution in [1.29, 1.82) is 0 Å². The molecule has 5 N–H and O–H groups in total. The quantitative estimate of drug-likeness (QED) is 0.170. The number of phenols is 1. The fourth-order valence-corrected chi connectivity index (χ4v) is 6.13. The number of ketones is 1. The minimum Gasteiger partial charge on any atom is -0.507 e. The van der Waals surface area contributed by atoms with Crippen LogP contribution in [0.2, 0.25) is 10.0 Å². The number of carbonyl (C=O) groups excluding carboxylic acids is 2. The summed E-state index contributed by atoms with van der Waals surface area (Å²) in [5.41, 5.74) is 0.725. The standard InChI is InChI=1S/C27H24Cl2N2O9S2/c28-18-6-5-17(21(29)9-18)13-41-14-24(33)22(11-25(34)35)31-26(36)16-3-1-15(2-4-16)12-30-42(39,40)19-7-8-23(32)20(10-19)27(37)38/h1-10,22,30,32H,11-14H2,(H,31,36)(H,34,35)(H,37,38)/t22-/m0/s1. The smallest absolute Gasteiger partial charge is 0.339 e. The highest BCUT2D eigenvalue weighted by atomic mass is 35.5. The van der Waals surface area contributed by atoms with E-state index in [2.05, 4.69) is 10.0 Å². The van der Waals surface area contributed by atoms with Gasteiger partial charge in [-0.3, -0.25) is 14.4 Å². The van der Waals surface area contributed by atoms with Crippen molar-refractivity contribution in [1.82, 2.24) is 10.0 Å². The number of benzene rings is 3. The Morgan fingerprint density at radius 1 is 0.929 bits per heavy atom. The molecule has 0 saturated carbocycles. The van der Waals surface area contributed by atoms with Crippen molar-refractivity contribution < 1.29 is 42.9 Å². The first kappa shape index (κ1) is 32.9. The normalized spacial score (nSPS) is 12.0. The van der Waals surface area contributed by atoms with Crippen molar-refractivity contribution in [2.75, 3.05) is 5.75 Å². The van der Waals surface area contributed by atoms with Gasteiger partial charge in [0.05, 0.1) is 23.1 Å². The number of Topliss-reactive ketones (excluding diaryl/α,β-unsaturated/α-hetero) is 1. The number of aliphatic carboxylic acids is 1. The van der Waals surface area contributed by atoms with Crippen molar-refractivity contribution in [3.8, 4) is 5.75 Å². The highest BCUT2D eigenvalue weighted by Gasteiger charge is 2.24. The zero-order valence-corrected chi connectivity index (χ0v) is 24.7. The average Bonchev–Trinajstić information content (AvgIpc) is 2.92. The van der Waals surface area contributed by atoms with Crippen molar-refractivity contribution in [3.05, 3.63) is 93.0 Å². The predicted molar refractivity (Wildman–Crippen MR) is 157 cm³/mol.